The van der Waals surface area contributed by atoms with E-state index < -0.39 is 6.10 Å². The SMILES string of the molecule is O=C(CN(Cc1cccs1)C(=O)[C@H]1COc2ccccc2O1)NC1CCCCC1. The summed E-state index contributed by atoms with van der Waals surface area (Å²) in [6.45, 7) is 0.547. The number of fused-ring (bicyclic) bond motifs is 1. The summed E-state index contributed by atoms with van der Waals surface area (Å²) >= 11 is 1.57. The third kappa shape index (κ3) is 5.09. The Hall–Kier alpha value is -2.54. The summed E-state index contributed by atoms with van der Waals surface area (Å²) in [6.07, 6.45) is 4.80. The van der Waals surface area contributed by atoms with Crippen molar-refractivity contribution in [3.63, 3.8) is 0 Å². The molecule has 154 valence electrons. The average Bonchev–Trinajstić information content (AvgIpc) is 3.26. The molecule has 0 radical (unpaired) electrons. The molecule has 1 fully saturated rings. The first-order chi connectivity index (χ1) is 14.2. The Morgan fingerprint density at radius 1 is 1.07 bits per heavy atom. The zero-order valence-electron chi connectivity index (χ0n) is 16.3. The minimum atomic E-state index is -0.757. The van der Waals surface area contributed by atoms with Crippen molar-refractivity contribution in [2.75, 3.05) is 13.2 Å². The molecule has 4 rings (SSSR count). The van der Waals surface area contributed by atoms with Crippen molar-refractivity contribution in [2.24, 2.45) is 0 Å². The van der Waals surface area contributed by atoms with Crippen LogP contribution in [0.5, 0.6) is 11.5 Å². The first-order valence-corrected chi connectivity index (χ1v) is 11.1. The van der Waals surface area contributed by atoms with Crippen molar-refractivity contribution in [3.8, 4) is 11.5 Å². The van der Waals surface area contributed by atoms with Crippen molar-refractivity contribution < 1.29 is 19.1 Å². The van der Waals surface area contributed by atoms with Crippen LogP contribution in [0.1, 0.15) is 37.0 Å². The molecule has 29 heavy (non-hydrogen) atoms. The highest BCUT2D eigenvalue weighted by Crippen LogP contribution is 2.31. The van der Waals surface area contributed by atoms with Crippen LogP contribution in [0.25, 0.3) is 0 Å². The number of nitrogens with one attached hydrogen (secondary N) is 1. The summed E-state index contributed by atoms with van der Waals surface area (Å²) in [6, 6.07) is 11.4. The molecular weight excluding hydrogens is 388 g/mol. The molecule has 1 aromatic carbocycles. The molecule has 2 heterocycles. The highest BCUT2D eigenvalue weighted by molar-refractivity contribution is 7.09. The quantitative estimate of drug-likeness (QED) is 0.787. The molecule has 7 heteroatoms. The largest absolute Gasteiger partial charge is 0.485 e. The Kier molecular flexibility index (Phi) is 6.34. The number of benzene rings is 1. The minimum Gasteiger partial charge on any atom is -0.485 e. The number of hydrogen-bond acceptors (Lipinski definition) is 5. The van der Waals surface area contributed by atoms with Crippen LogP contribution in [0.2, 0.25) is 0 Å². The van der Waals surface area contributed by atoms with Gasteiger partial charge in [0.15, 0.2) is 11.5 Å². The number of ether oxygens (including phenoxy) is 2. The van der Waals surface area contributed by atoms with E-state index in [-0.39, 0.29) is 31.0 Å². The lowest BCUT2D eigenvalue weighted by Gasteiger charge is -2.31. The molecule has 6 nitrogen and oxygen atoms in total. The van der Waals surface area contributed by atoms with Crippen molar-refractivity contribution >= 4 is 23.2 Å². The molecule has 2 aliphatic rings. The number of amides is 2. The average molecular weight is 415 g/mol. The van der Waals surface area contributed by atoms with E-state index in [1.165, 1.54) is 6.42 Å². The Bertz CT molecular complexity index is 833. The molecule has 0 unspecified atom stereocenters. The molecule has 0 saturated heterocycles. The van der Waals surface area contributed by atoms with Crippen LogP contribution in [-0.2, 0) is 16.1 Å². The number of carbonyl (C=O) groups is 2. The fourth-order valence-corrected chi connectivity index (χ4v) is 4.56. The van der Waals surface area contributed by atoms with Crippen LogP contribution in [0.15, 0.2) is 41.8 Å². The zero-order chi connectivity index (χ0) is 20.1. The number of thiophene rings is 1. The fraction of sp³-hybridized carbons (Fsp3) is 0.455. The van der Waals surface area contributed by atoms with Crippen molar-refractivity contribution in [3.05, 3.63) is 46.7 Å². The Balaban J connectivity index is 1.43. The van der Waals surface area contributed by atoms with E-state index in [0.717, 1.165) is 30.6 Å². The first-order valence-electron chi connectivity index (χ1n) is 10.2. The summed E-state index contributed by atoms with van der Waals surface area (Å²) in [5.41, 5.74) is 0. The van der Waals surface area contributed by atoms with Gasteiger partial charge in [-0.15, -0.1) is 11.3 Å². The van der Waals surface area contributed by atoms with Gasteiger partial charge < -0.3 is 19.7 Å². The van der Waals surface area contributed by atoms with Gasteiger partial charge in [0.2, 0.25) is 12.0 Å². The molecule has 1 atom stereocenters. The summed E-state index contributed by atoms with van der Waals surface area (Å²) in [4.78, 5) is 28.5. The number of para-hydroxylation sites is 2. The topological polar surface area (TPSA) is 67.9 Å². The smallest absolute Gasteiger partial charge is 0.268 e. The standard InChI is InChI=1S/C22H26N2O4S/c25-21(23-16-7-2-1-3-8-16)14-24(13-17-9-6-12-29-17)22(26)20-15-27-18-10-4-5-11-19(18)28-20/h4-6,9-12,16,20H,1-3,7-8,13-15H2,(H,23,25)/t20-/m1/s1. The van der Waals surface area contributed by atoms with Gasteiger partial charge in [0.05, 0.1) is 6.54 Å². The molecule has 0 spiro atoms. The van der Waals surface area contributed by atoms with Gasteiger partial charge in [0.25, 0.3) is 5.91 Å². The zero-order valence-corrected chi connectivity index (χ0v) is 17.2. The van der Waals surface area contributed by atoms with Crippen LogP contribution in [0.4, 0.5) is 0 Å². The molecule has 2 aromatic rings. The van der Waals surface area contributed by atoms with E-state index in [9.17, 15) is 9.59 Å². The second-order valence-corrected chi connectivity index (χ2v) is 8.57. The van der Waals surface area contributed by atoms with Gasteiger partial charge in [0.1, 0.15) is 13.2 Å². The van der Waals surface area contributed by atoms with Gasteiger partial charge in [-0.2, -0.15) is 0 Å². The predicted octanol–water partition coefficient (Wildman–Crippen LogP) is 3.37. The van der Waals surface area contributed by atoms with Crippen molar-refractivity contribution in [1.29, 1.82) is 0 Å². The van der Waals surface area contributed by atoms with E-state index in [1.54, 1.807) is 22.3 Å². The molecule has 1 aromatic heterocycles. The van der Waals surface area contributed by atoms with Crippen LogP contribution in [-0.4, -0.2) is 42.0 Å². The Morgan fingerprint density at radius 2 is 1.86 bits per heavy atom. The van der Waals surface area contributed by atoms with Crippen LogP contribution >= 0.6 is 11.3 Å². The Labute approximate surface area is 174 Å². The van der Waals surface area contributed by atoms with Gasteiger partial charge in [-0.25, -0.2) is 0 Å². The van der Waals surface area contributed by atoms with E-state index in [4.69, 9.17) is 9.47 Å². The molecule has 2 amide bonds. The normalized spacial score (nSPS) is 18.8. The summed E-state index contributed by atoms with van der Waals surface area (Å²) < 4.78 is 11.6. The van der Waals surface area contributed by atoms with Crippen LogP contribution in [0, 0.1) is 0 Å². The summed E-state index contributed by atoms with van der Waals surface area (Å²) in [7, 11) is 0. The maximum atomic E-state index is 13.2. The van der Waals surface area contributed by atoms with Crippen LogP contribution in [0.3, 0.4) is 0 Å². The fourth-order valence-electron chi connectivity index (χ4n) is 3.84. The summed E-state index contributed by atoms with van der Waals surface area (Å²) in [5.74, 6) is 0.849. The molecule has 1 saturated carbocycles. The number of hydrogen-bond donors (Lipinski definition) is 1. The minimum absolute atomic E-state index is 0.0226. The lowest BCUT2D eigenvalue weighted by molar-refractivity contribution is -0.145. The van der Waals surface area contributed by atoms with Crippen molar-refractivity contribution in [2.45, 2.75) is 50.8 Å². The first kappa shape index (κ1) is 19.8. The summed E-state index contributed by atoms with van der Waals surface area (Å²) in [5, 5.41) is 5.07. The third-order valence-electron chi connectivity index (χ3n) is 5.33. The molecule has 0 bridgehead atoms. The van der Waals surface area contributed by atoms with Crippen molar-refractivity contribution in [1.82, 2.24) is 10.2 Å². The lowest BCUT2D eigenvalue weighted by Crippen LogP contribution is -2.50. The van der Waals surface area contributed by atoms with E-state index in [1.807, 2.05) is 35.7 Å². The molecular formula is C22H26N2O4S. The van der Waals surface area contributed by atoms with E-state index in [2.05, 4.69) is 5.32 Å². The van der Waals surface area contributed by atoms with Gasteiger partial charge in [-0.1, -0.05) is 37.5 Å². The number of carbonyl (C=O) groups excluding carboxylic acids is 2. The lowest BCUT2D eigenvalue weighted by atomic mass is 9.95. The molecule has 1 aliphatic heterocycles. The Morgan fingerprint density at radius 3 is 2.62 bits per heavy atom. The monoisotopic (exact) mass is 414 g/mol. The highest BCUT2D eigenvalue weighted by Gasteiger charge is 2.32. The highest BCUT2D eigenvalue weighted by atomic mass is 32.1. The van der Waals surface area contributed by atoms with Gasteiger partial charge in [-0.3, -0.25) is 9.59 Å². The second-order valence-electron chi connectivity index (χ2n) is 7.54. The molecule has 1 aliphatic carbocycles. The third-order valence-corrected chi connectivity index (χ3v) is 6.19. The van der Waals surface area contributed by atoms with Gasteiger partial charge >= 0.3 is 0 Å². The van der Waals surface area contributed by atoms with Gasteiger partial charge in [-0.05, 0) is 36.4 Å². The number of rotatable bonds is 6. The van der Waals surface area contributed by atoms with E-state index in [0.29, 0.717) is 18.0 Å². The van der Waals surface area contributed by atoms with Crippen LogP contribution < -0.4 is 14.8 Å². The maximum Gasteiger partial charge on any atom is 0.268 e. The second kappa shape index (κ2) is 9.31. The number of nitrogens with zero attached hydrogens (tertiary/aromatic N) is 1. The predicted molar refractivity (Wildman–Crippen MR) is 111 cm³/mol. The maximum absolute atomic E-state index is 13.2. The van der Waals surface area contributed by atoms with E-state index >= 15 is 0 Å². The van der Waals surface area contributed by atoms with Gasteiger partial charge in [0, 0.05) is 10.9 Å². The molecule has 1 N–H and O–H groups in total.